The highest BCUT2D eigenvalue weighted by molar-refractivity contribution is 6.36. The zero-order chi connectivity index (χ0) is 35.7. The highest BCUT2D eigenvalue weighted by Gasteiger charge is 2.54. The van der Waals surface area contributed by atoms with Gasteiger partial charge in [-0.15, -0.1) is 0 Å². The van der Waals surface area contributed by atoms with Crippen LogP contribution in [0, 0.1) is 23.2 Å². The number of alkyl carbamates (subject to hydrolysis) is 1. The summed E-state index contributed by atoms with van der Waals surface area (Å²) in [6, 6.07) is 3.38. The second kappa shape index (κ2) is 15.0. The van der Waals surface area contributed by atoms with E-state index in [9.17, 15) is 14.4 Å². The fraction of sp³-hybridized carbons (Fsp3) is 0.667. The summed E-state index contributed by atoms with van der Waals surface area (Å²) in [5, 5.41) is 3.75. The molecule has 2 saturated carbocycles. The van der Waals surface area contributed by atoms with Crippen LogP contribution >= 0.6 is 11.6 Å². The van der Waals surface area contributed by atoms with Crippen LogP contribution in [0.4, 0.5) is 4.79 Å². The lowest BCUT2D eigenvalue weighted by molar-refractivity contribution is -0.141. The highest BCUT2D eigenvalue weighted by Crippen LogP contribution is 2.57. The number of hydrogen-bond donors (Lipinski definition) is 2. The van der Waals surface area contributed by atoms with E-state index in [0.29, 0.717) is 77.5 Å². The number of benzene rings is 1. The van der Waals surface area contributed by atoms with Gasteiger partial charge in [-0.05, 0) is 55.1 Å². The number of fused-ring (bicyclic) bond motifs is 2. The molecule has 14 heteroatoms. The average molecular weight is 716 g/mol. The quantitative estimate of drug-likeness (QED) is 0.329. The Morgan fingerprint density at radius 1 is 1.08 bits per heavy atom. The maximum Gasteiger partial charge on any atom is 0.408 e. The van der Waals surface area contributed by atoms with E-state index in [1.165, 1.54) is 4.90 Å². The number of likely N-dealkylation sites (tertiary alicyclic amines) is 1. The fourth-order valence-electron chi connectivity index (χ4n) is 7.64. The van der Waals surface area contributed by atoms with E-state index in [-0.39, 0.29) is 19.1 Å². The standard InChI is InChI=1S/C36H50ClN5O8/c1-6-47-29-18-28(23-7-8-27(30(37)31(23)39-29)48-14-11-41-9-12-46-13-10-41)49-22-17-26(33(38)43)42(19-22)34(44)32(36(3,4)5)40-35(45)50-21-15-24-20(2)25(24)16-21/h7-8,18,20-22,24-26,32H,6,9-17,19H2,1-5H3,(H2,38,43)(H,40,45)/t20?,21?,22?,24-,25+,26-,32?/m0/s1. The van der Waals surface area contributed by atoms with E-state index in [1.54, 1.807) is 12.1 Å². The predicted molar refractivity (Wildman–Crippen MR) is 186 cm³/mol. The molecule has 0 bridgehead atoms. The Bertz CT molecular complexity index is 1570. The number of nitrogens with two attached hydrogens (primary N) is 1. The number of primary amides is 1. The van der Waals surface area contributed by atoms with Crippen molar-refractivity contribution in [2.24, 2.45) is 28.9 Å². The Morgan fingerprint density at radius 2 is 1.80 bits per heavy atom. The van der Waals surface area contributed by atoms with Crippen molar-refractivity contribution < 1.29 is 38.1 Å². The SMILES string of the molecule is CCOc1cc(OC2C[C@@H](C(N)=O)N(C(=O)C(NC(=O)OC3C[C@@H]4C(C)[C@@H]4C3)C(C)(C)C)C2)c2ccc(OCCN3CCOCC3)c(Cl)c2n1. The lowest BCUT2D eigenvalue weighted by atomic mass is 9.85. The first-order valence-electron chi connectivity index (χ1n) is 17.8. The van der Waals surface area contributed by atoms with E-state index >= 15 is 0 Å². The molecule has 1 aromatic heterocycles. The number of nitrogens with zero attached hydrogens (tertiary/aromatic N) is 3. The van der Waals surface area contributed by atoms with E-state index < -0.39 is 41.5 Å². The van der Waals surface area contributed by atoms with Crippen LogP contribution in [0.3, 0.4) is 0 Å². The number of amides is 3. The third kappa shape index (κ3) is 8.00. The molecule has 1 aromatic carbocycles. The number of carbonyl (C=O) groups is 3. The summed E-state index contributed by atoms with van der Waals surface area (Å²) in [4.78, 5) is 48.2. The number of nitrogens with one attached hydrogen (secondary N) is 1. The number of rotatable bonds is 12. The molecule has 7 atom stereocenters. The predicted octanol–water partition coefficient (Wildman–Crippen LogP) is 4.02. The van der Waals surface area contributed by atoms with Gasteiger partial charge in [-0.25, -0.2) is 9.78 Å². The van der Waals surface area contributed by atoms with Crippen molar-refractivity contribution in [1.82, 2.24) is 20.1 Å². The molecule has 4 fully saturated rings. The zero-order valence-corrected chi connectivity index (χ0v) is 30.4. The molecule has 0 radical (unpaired) electrons. The van der Waals surface area contributed by atoms with Crippen LogP contribution in [0.15, 0.2) is 18.2 Å². The normalized spacial score (nSPS) is 27.0. The van der Waals surface area contributed by atoms with Crippen molar-refractivity contribution in [2.75, 3.05) is 52.6 Å². The molecule has 2 aliphatic heterocycles. The monoisotopic (exact) mass is 715 g/mol. The maximum absolute atomic E-state index is 14.1. The lowest BCUT2D eigenvalue weighted by Gasteiger charge is -2.35. The van der Waals surface area contributed by atoms with Crippen molar-refractivity contribution in [3.05, 3.63) is 23.2 Å². The Kier molecular flexibility index (Phi) is 10.9. The molecule has 4 unspecified atom stereocenters. The molecule has 13 nitrogen and oxygen atoms in total. The van der Waals surface area contributed by atoms with Gasteiger partial charge in [0.05, 0.1) is 26.4 Å². The lowest BCUT2D eigenvalue weighted by Crippen LogP contribution is -2.57. The van der Waals surface area contributed by atoms with E-state index in [4.69, 9.17) is 41.0 Å². The van der Waals surface area contributed by atoms with Crippen LogP contribution in [-0.2, 0) is 19.1 Å². The smallest absolute Gasteiger partial charge is 0.408 e. The van der Waals surface area contributed by atoms with Crippen molar-refractivity contribution in [1.29, 1.82) is 0 Å². The Labute approximate surface area is 298 Å². The second-order valence-corrected chi connectivity index (χ2v) is 15.4. The van der Waals surface area contributed by atoms with E-state index in [2.05, 4.69) is 22.1 Å². The minimum atomic E-state index is -0.961. The van der Waals surface area contributed by atoms with Crippen molar-refractivity contribution >= 4 is 40.4 Å². The molecule has 274 valence electrons. The second-order valence-electron chi connectivity index (χ2n) is 15.0. The zero-order valence-electron chi connectivity index (χ0n) is 29.6. The first kappa shape index (κ1) is 36.2. The van der Waals surface area contributed by atoms with Crippen LogP contribution in [-0.4, -0.2) is 110 Å². The summed E-state index contributed by atoms with van der Waals surface area (Å²) in [5.41, 5.74) is 5.59. The summed E-state index contributed by atoms with van der Waals surface area (Å²) in [7, 11) is 0. The van der Waals surface area contributed by atoms with Gasteiger partial charge in [-0.3, -0.25) is 14.5 Å². The summed E-state index contributed by atoms with van der Waals surface area (Å²) < 4.78 is 29.5. The first-order chi connectivity index (χ1) is 23.8. The van der Waals surface area contributed by atoms with Gasteiger partial charge in [0.1, 0.15) is 52.9 Å². The molecule has 3 amide bonds. The molecule has 6 rings (SSSR count). The largest absolute Gasteiger partial charge is 0.491 e. The molecule has 0 spiro atoms. The number of carbonyl (C=O) groups excluding carboxylic acids is 3. The van der Waals surface area contributed by atoms with Gasteiger partial charge in [0.15, 0.2) is 0 Å². The minimum Gasteiger partial charge on any atom is -0.491 e. The van der Waals surface area contributed by atoms with Crippen LogP contribution < -0.4 is 25.3 Å². The summed E-state index contributed by atoms with van der Waals surface area (Å²) in [5.74, 6) is 2.07. The van der Waals surface area contributed by atoms with Crippen molar-refractivity contribution in [3.8, 4) is 17.4 Å². The van der Waals surface area contributed by atoms with Gasteiger partial charge >= 0.3 is 6.09 Å². The van der Waals surface area contributed by atoms with Crippen LogP contribution in [0.2, 0.25) is 5.02 Å². The third-order valence-electron chi connectivity index (χ3n) is 10.5. The van der Waals surface area contributed by atoms with Gasteiger partial charge in [-0.1, -0.05) is 39.3 Å². The number of ether oxygens (including phenoxy) is 5. The van der Waals surface area contributed by atoms with Crippen LogP contribution in [0.1, 0.15) is 53.9 Å². The summed E-state index contributed by atoms with van der Waals surface area (Å²) in [6.07, 6.45) is 0.488. The Morgan fingerprint density at radius 3 is 2.46 bits per heavy atom. The number of pyridine rings is 1. The first-order valence-corrected chi connectivity index (χ1v) is 18.1. The highest BCUT2D eigenvalue weighted by atomic mass is 35.5. The van der Waals surface area contributed by atoms with Gasteiger partial charge in [0, 0.05) is 37.5 Å². The van der Waals surface area contributed by atoms with Crippen LogP contribution in [0.25, 0.3) is 10.9 Å². The molecular weight excluding hydrogens is 666 g/mol. The Balaban J connectivity index is 1.17. The van der Waals surface area contributed by atoms with Crippen LogP contribution in [0.5, 0.6) is 17.4 Å². The van der Waals surface area contributed by atoms with Gasteiger partial charge < -0.3 is 39.6 Å². The summed E-state index contributed by atoms with van der Waals surface area (Å²) >= 11 is 6.85. The fourth-order valence-corrected chi connectivity index (χ4v) is 7.90. The topological polar surface area (TPSA) is 155 Å². The molecule has 2 saturated heterocycles. The molecule has 3 heterocycles. The maximum atomic E-state index is 14.1. The number of hydrogen-bond acceptors (Lipinski definition) is 10. The molecular formula is C36H50ClN5O8. The van der Waals surface area contributed by atoms with Crippen molar-refractivity contribution in [2.45, 2.75) is 78.2 Å². The number of aromatic nitrogens is 1. The van der Waals surface area contributed by atoms with Gasteiger partial charge in [-0.2, -0.15) is 0 Å². The van der Waals surface area contributed by atoms with Crippen molar-refractivity contribution in [3.63, 3.8) is 0 Å². The van der Waals surface area contributed by atoms with E-state index in [0.717, 1.165) is 32.5 Å². The third-order valence-corrected chi connectivity index (χ3v) is 10.9. The molecule has 4 aliphatic rings. The van der Waals surface area contributed by atoms with E-state index in [1.807, 2.05) is 33.8 Å². The Hall–Kier alpha value is -3.55. The molecule has 3 N–H and O–H groups in total. The number of halogens is 1. The van der Waals surface area contributed by atoms with Gasteiger partial charge in [0.2, 0.25) is 17.7 Å². The van der Waals surface area contributed by atoms with Gasteiger partial charge in [0.25, 0.3) is 0 Å². The molecule has 50 heavy (non-hydrogen) atoms. The number of morpholine rings is 1. The minimum absolute atomic E-state index is 0.0733. The average Bonchev–Trinajstić information content (AvgIpc) is 3.39. The molecule has 2 aliphatic carbocycles. The molecule has 2 aromatic rings. The summed E-state index contributed by atoms with van der Waals surface area (Å²) in [6.45, 7) is 14.4.